The fraction of sp³-hybridized carbons (Fsp3) is 0.389. The van der Waals surface area contributed by atoms with Crippen LogP contribution in [-0.4, -0.2) is 43.9 Å². The number of aliphatic hydroxyl groups is 1. The van der Waals surface area contributed by atoms with Crippen LogP contribution in [0.5, 0.6) is 0 Å². The van der Waals surface area contributed by atoms with Crippen molar-refractivity contribution in [3.05, 3.63) is 36.2 Å². The molecule has 2 aromatic rings. The standard InChI is InChI=1S/C18H22N4O4/c1-18(26,16(23)24)11-20-17(25)21-13-6-4-5-12(9-13)15-19-10-14-7-2-3-8-22(14)15/h4-6,9-10,26H,2-3,7-8,11H2,1H3,(H,23,24)(H2,20,21,25). The number of aromatic nitrogens is 2. The molecule has 2 heterocycles. The second-order valence-electron chi connectivity index (χ2n) is 6.65. The summed E-state index contributed by atoms with van der Waals surface area (Å²) in [6.07, 6.45) is 5.22. The van der Waals surface area contributed by atoms with Crippen molar-refractivity contribution in [1.82, 2.24) is 14.9 Å². The van der Waals surface area contributed by atoms with E-state index in [2.05, 4.69) is 20.2 Å². The number of benzene rings is 1. The molecule has 0 bridgehead atoms. The summed E-state index contributed by atoms with van der Waals surface area (Å²) in [5.74, 6) is -0.526. The molecule has 1 unspecified atom stereocenters. The van der Waals surface area contributed by atoms with E-state index in [4.69, 9.17) is 5.11 Å². The number of aliphatic carboxylic acids is 1. The molecule has 0 saturated carbocycles. The molecule has 26 heavy (non-hydrogen) atoms. The molecule has 1 aliphatic rings. The minimum absolute atomic E-state index is 0.401. The molecule has 1 aromatic heterocycles. The maximum absolute atomic E-state index is 12.0. The fourth-order valence-electron chi connectivity index (χ4n) is 2.91. The van der Waals surface area contributed by atoms with Gasteiger partial charge in [0.05, 0.1) is 6.54 Å². The molecule has 3 rings (SSSR count). The van der Waals surface area contributed by atoms with E-state index in [0.29, 0.717) is 5.69 Å². The van der Waals surface area contributed by atoms with Crippen molar-refractivity contribution in [1.29, 1.82) is 0 Å². The predicted octanol–water partition coefficient (Wildman–Crippen LogP) is 1.84. The number of carbonyl (C=O) groups excluding carboxylic acids is 1. The number of amides is 2. The van der Waals surface area contributed by atoms with Crippen LogP contribution in [0.25, 0.3) is 11.4 Å². The van der Waals surface area contributed by atoms with Crippen LogP contribution in [-0.2, 0) is 17.8 Å². The number of aryl methyl sites for hydroxylation is 1. The molecular formula is C18H22N4O4. The van der Waals surface area contributed by atoms with Gasteiger partial charge in [0.15, 0.2) is 5.60 Å². The summed E-state index contributed by atoms with van der Waals surface area (Å²) in [6, 6.07) is 6.72. The molecule has 1 atom stereocenters. The van der Waals surface area contributed by atoms with E-state index in [1.165, 1.54) is 12.1 Å². The molecular weight excluding hydrogens is 336 g/mol. The van der Waals surface area contributed by atoms with Gasteiger partial charge in [-0.25, -0.2) is 14.6 Å². The first-order valence-corrected chi connectivity index (χ1v) is 8.52. The third-order valence-electron chi connectivity index (χ3n) is 4.44. The van der Waals surface area contributed by atoms with Crippen molar-refractivity contribution >= 4 is 17.7 Å². The van der Waals surface area contributed by atoms with Crippen LogP contribution in [0.15, 0.2) is 30.5 Å². The Balaban J connectivity index is 1.69. The summed E-state index contributed by atoms with van der Waals surface area (Å²) < 4.78 is 2.20. The molecule has 0 spiro atoms. The normalized spacial score (nSPS) is 15.6. The smallest absolute Gasteiger partial charge is 0.337 e. The third kappa shape index (κ3) is 3.85. The summed E-state index contributed by atoms with van der Waals surface area (Å²) in [5.41, 5.74) is 0.656. The monoisotopic (exact) mass is 358 g/mol. The molecule has 4 N–H and O–H groups in total. The fourth-order valence-corrected chi connectivity index (χ4v) is 2.91. The van der Waals surface area contributed by atoms with Gasteiger partial charge in [-0.1, -0.05) is 12.1 Å². The topological polar surface area (TPSA) is 116 Å². The maximum Gasteiger partial charge on any atom is 0.337 e. The Morgan fingerprint density at radius 1 is 1.35 bits per heavy atom. The molecule has 0 fully saturated rings. The highest BCUT2D eigenvalue weighted by Gasteiger charge is 2.30. The summed E-state index contributed by atoms with van der Waals surface area (Å²) in [6.45, 7) is 1.66. The van der Waals surface area contributed by atoms with Gasteiger partial charge in [0.25, 0.3) is 0 Å². The zero-order valence-corrected chi connectivity index (χ0v) is 14.5. The largest absolute Gasteiger partial charge is 0.479 e. The number of carbonyl (C=O) groups is 2. The number of hydrogen-bond acceptors (Lipinski definition) is 4. The van der Waals surface area contributed by atoms with E-state index < -0.39 is 24.1 Å². The van der Waals surface area contributed by atoms with Gasteiger partial charge in [0, 0.05) is 29.7 Å². The van der Waals surface area contributed by atoms with Gasteiger partial charge in [-0.15, -0.1) is 0 Å². The van der Waals surface area contributed by atoms with Gasteiger partial charge in [-0.3, -0.25) is 0 Å². The van der Waals surface area contributed by atoms with Crippen molar-refractivity contribution in [3.63, 3.8) is 0 Å². The van der Waals surface area contributed by atoms with Crippen LogP contribution in [0.2, 0.25) is 0 Å². The second kappa shape index (κ2) is 7.17. The van der Waals surface area contributed by atoms with Gasteiger partial charge < -0.3 is 25.4 Å². The summed E-state index contributed by atoms with van der Waals surface area (Å²) in [5, 5.41) is 23.5. The van der Waals surface area contributed by atoms with Crippen molar-refractivity contribution in [2.24, 2.45) is 0 Å². The van der Waals surface area contributed by atoms with Gasteiger partial charge in [-0.2, -0.15) is 0 Å². The molecule has 1 aromatic carbocycles. The summed E-state index contributed by atoms with van der Waals surface area (Å²) in [4.78, 5) is 27.3. The number of hydrogen-bond donors (Lipinski definition) is 4. The first kappa shape index (κ1) is 17.9. The Morgan fingerprint density at radius 3 is 2.92 bits per heavy atom. The zero-order valence-electron chi connectivity index (χ0n) is 14.5. The van der Waals surface area contributed by atoms with Crippen molar-refractivity contribution in [3.8, 4) is 11.4 Å². The van der Waals surface area contributed by atoms with E-state index in [9.17, 15) is 14.7 Å². The molecule has 0 radical (unpaired) electrons. The molecule has 1 aliphatic heterocycles. The van der Waals surface area contributed by atoms with E-state index in [1.54, 1.807) is 6.07 Å². The molecule has 2 amide bonds. The number of nitrogens with one attached hydrogen (secondary N) is 2. The number of carboxylic acids is 1. The molecule has 138 valence electrons. The summed E-state index contributed by atoms with van der Waals surface area (Å²) in [7, 11) is 0. The quantitative estimate of drug-likeness (QED) is 0.651. The van der Waals surface area contributed by atoms with E-state index in [-0.39, 0.29) is 0 Å². The van der Waals surface area contributed by atoms with E-state index in [0.717, 1.165) is 37.7 Å². The minimum Gasteiger partial charge on any atom is -0.479 e. The third-order valence-corrected chi connectivity index (χ3v) is 4.44. The van der Waals surface area contributed by atoms with Crippen LogP contribution < -0.4 is 10.6 Å². The number of rotatable bonds is 5. The highest BCUT2D eigenvalue weighted by atomic mass is 16.4. The Kier molecular flexibility index (Phi) is 4.94. The highest BCUT2D eigenvalue weighted by molar-refractivity contribution is 5.90. The van der Waals surface area contributed by atoms with E-state index in [1.807, 2.05) is 24.4 Å². The van der Waals surface area contributed by atoms with Crippen LogP contribution in [0, 0.1) is 0 Å². The lowest BCUT2D eigenvalue weighted by atomic mass is 10.1. The number of imidazole rings is 1. The van der Waals surface area contributed by atoms with Crippen molar-refractivity contribution in [2.75, 3.05) is 11.9 Å². The van der Waals surface area contributed by atoms with Crippen LogP contribution in [0.1, 0.15) is 25.5 Å². The Bertz CT molecular complexity index is 828. The minimum atomic E-state index is -2.02. The number of carboxylic acid groups (broad SMARTS) is 1. The second-order valence-corrected chi connectivity index (χ2v) is 6.65. The lowest BCUT2D eigenvalue weighted by molar-refractivity contribution is -0.155. The molecule has 0 saturated heterocycles. The first-order valence-electron chi connectivity index (χ1n) is 8.52. The Hall–Kier alpha value is -2.87. The van der Waals surface area contributed by atoms with Crippen LogP contribution >= 0.6 is 0 Å². The number of fused-ring (bicyclic) bond motifs is 1. The summed E-state index contributed by atoms with van der Waals surface area (Å²) >= 11 is 0. The Labute approximate surface area is 150 Å². The van der Waals surface area contributed by atoms with Crippen LogP contribution in [0.4, 0.5) is 10.5 Å². The first-order chi connectivity index (χ1) is 12.4. The number of urea groups is 1. The average molecular weight is 358 g/mol. The van der Waals surface area contributed by atoms with E-state index >= 15 is 0 Å². The number of anilines is 1. The average Bonchev–Trinajstić information content (AvgIpc) is 3.04. The zero-order chi connectivity index (χ0) is 18.7. The van der Waals surface area contributed by atoms with Crippen LogP contribution in [0.3, 0.4) is 0 Å². The van der Waals surface area contributed by atoms with Gasteiger partial charge in [0.2, 0.25) is 0 Å². The van der Waals surface area contributed by atoms with Crippen molar-refractivity contribution < 1.29 is 19.8 Å². The molecule has 8 nitrogen and oxygen atoms in total. The molecule has 0 aliphatic carbocycles. The van der Waals surface area contributed by atoms with Gasteiger partial charge >= 0.3 is 12.0 Å². The lowest BCUT2D eigenvalue weighted by Gasteiger charge is -2.19. The lowest BCUT2D eigenvalue weighted by Crippen LogP contribution is -2.47. The highest BCUT2D eigenvalue weighted by Crippen LogP contribution is 2.26. The maximum atomic E-state index is 12.0. The van der Waals surface area contributed by atoms with Gasteiger partial charge in [0.1, 0.15) is 5.82 Å². The SMILES string of the molecule is CC(O)(CNC(=O)Nc1cccc(-c2ncc3n2CCCC3)c1)C(=O)O. The van der Waals surface area contributed by atoms with Crippen molar-refractivity contribution in [2.45, 2.75) is 38.3 Å². The Morgan fingerprint density at radius 2 is 2.15 bits per heavy atom. The molecule has 8 heteroatoms. The predicted molar refractivity (Wildman–Crippen MR) is 95.9 cm³/mol. The van der Waals surface area contributed by atoms with Gasteiger partial charge in [-0.05, 0) is 38.3 Å². The number of nitrogens with zero attached hydrogens (tertiary/aromatic N) is 2.